The van der Waals surface area contributed by atoms with Crippen molar-refractivity contribution in [2.75, 3.05) is 38.2 Å². The zero-order valence-corrected chi connectivity index (χ0v) is 20.1. The molecule has 1 unspecified atom stereocenters. The van der Waals surface area contributed by atoms with E-state index in [1.165, 1.54) is 4.90 Å². The molecule has 10 nitrogen and oxygen atoms in total. The lowest BCUT2D eigenvalue weighted by atomic mass is 10.0. The molecule has 2 aromatic rings. The molecule has 0 spiro atoms. The number of nitrogens with one attached hydrogen (secondary N) is 1. The lowest BCUT2D eigenvalue weighted by molar-refractivity contribution is -0.132. The number of amides is 4. The molecule has 3 aliphatic rings. The summed E-state index contributed by atoms with van der Waals surface area (Å²) in [6.45, 7) is 3.94. The third kappa shape index (κ3) is 4.52. The molecule has 0 aliphatic carbocycles. The zero-order valence-electron chi connectivity index (χ0n) is 20.1. The van der Waals surface area contributed by atoms with E-state index in [2.05, 4.69) is 16.3 Å². The van der Waals surface area contributed by atoms with Gasteiger partial charge in [-0.25, -0.2) is 14.8 Å². The van der Waals surface area contributed by atoms with Crippen LogP contribution in [0.2, 0.25) is 0 Å². The zero-order chi connectivity index (χ0) is 24.5. The summed E-state index contributed by atoms with van der Waals surface area (Å²) >= 11 is 0. The number of methoxy groups -OCH3 is 1. The first-order valence-corrected chi connectivity index (χ1v) is 12.1. The van der Waals surface area contributed by atoms with Crippen LogP contribution in [0.3, 0.4) is 0 Å². The van der Waals surface area contributed by atoms with Gasteiger partial charge in [-0.3, -0.25) is 14.9 Å². The number of ether oxygens (including phenoxy) is 1. The summed E-state index contributed by atoms with van der Waals surface area (Å²) in [4.78, 5) is 51.6. The number of anilines is 1. The molecule has 0 bridgehead atoms. The number of carbonyl (C=O) groups excluding carboxylic acids is 3. The molecule has 4 amide bonds. The highest BCUT2D eigenvalue weighted by atomic mass is 16.5. The van der Waals surface area contributed by atoms with Crippen LogP contribution in [-0.4, -0.2) is 70.9 Å². The topological polar surface area (TPSA) is 108 Å². The van der Waals surface area contributed by atoms with Gasteiger partial charge in [0.05, 0.1) is 13.2 Å². The van der Waals surface area contributed by atoms with E-state index in [4.69, 9.17) is 14.7 Å². The number of hydrogen-bond acceptors (Lipinski definition) is 7. The Morgan fingerprint density at radius 3 is 2.74 bits per heavy atom. The van der Waals surface area contributed by atoms with E-state index >= 15 is 0 Å². The first-order chi connectivity index (χ1) is 16.9. The van der Waals surface area contributed by atoms with Crippen molar-refractivity contribution in [3.05, 3.63) is 46.9 Å². The number of carbonyl (C=O) groups is 3. The van der Waals surface area contributed by atoms with Crippen LogP contribution in [0.15, 0.2) is 24.3 Å². The summed E-state index contributed by atoms with van der Waals surface area (Å²) in [5.74, 6) is 1.84. The van der Waals surface area contributed by atoms with Gasteiger partial charge >= 0.3 is 6.03 Å². The normalized spacial score (nSPS) is 19.7. The number of hydrogen-bond donors (Lipinski definition) is 1. The van der Waals surface area contributed by atoms with Crippen LogP contribution < -0.4 is 15.0 Å². The minimum Gasteiger partial charge on any atom is -0.496 e. The first-order valence-electron chi connectivity index (χ1n) is 12.1. The number of para-hydroxylation sites is 1. The van der Waals surface area contributed by atoms with Gasteiger partial charge in [0, 0.05) is 36.5 Å². The molecule has 0 saturated carbocycles. The molecule has 1 atom stereocenters. The average molecular weight is 479 g/mol. The number of fused-ring (bicyclic) bond motifs is 1. The minimum absolute atomic E-state index is 0.0879. The molecule has 1 aromatic carbocycles. The third-order valence-electron chi connectivity index (χ3n) is 6.98. The molecule has 0 radical (unpaired) electrons. The van der Waals surface area contributed by atoms with Gasteiger partial charge in [-0.1, -0.05) is 18.2 Å². The highest BCUT2D eigenvalue weighted by Gasteiger charge is 2.36. The quantitative estimate of drug-likeness (QED) is 0.633. The van der Waals surface area contributed by atoms with Crippen LogP contribution in [-0.2, 0) is 22.6 Å². The van der Waals surface area contributed by atoms with Crippen molar-refractivity contribution < 1.29 is 19.1 Å². The van der Waals surface area contributed by atoms with E-state index in [1.807, 2.05) is 25.1 Å². The van der Waals surface area contributed by atoms with Crippen LogP contribution in [0.5, 0.6) is 5.75 Å². The summed E-state index contributed by atoms with van der Waals surface area (Å²) in [5.41, 5.74) is 3.19. The molecule has 10 heteroatoms. The average Bonchev–Trinajstić information content (AvgIpc) is 3.46. The second kappa shape index (κ2) is 9.52. The summed E-state index contributed by atoms with van der Waals surface area (Å²) < 4.78 is 5.56. The van der Waals surface area contributed by atoms with Crippen LogP contribution in [0, 0.1) is 6.92 Å². The number of rotatable bonds is 6. The molecule has 3 aliphatic heterocycles. The lowest BCUT2D eigenvalue weighted by Gasteiger charge is -2.33. The SMILES string of the molecule is COc1ccccc1CN1CCCc2c(C)nc(C3CCCN3C(=O)CN3CC(=O)NC3=O)nc21. The van der Waals surface area contributed by atoms with Crippen molar-refractivity contribution in [3.8, 4) is 5.75 Å². The summed E-state index contributed by atoms with van der Waals surface area (Å²) in [5, 5.41) is 2.22. The maximum atomic E-state index is 13.1. The Morgan fingerprint density at radius 1 is 1.14 bits per heavy atom. The monoisotopic (exact) mass is 478 g/mol. The highest BCUT2D eigenvalue weighted by Crippen LogP contribution is 2.35. The van der Waals surface area contributed by atoms with Crippen molar-refractivity contribution in [2.45, 2.75) is 45.2 Å². The Bertz CT molecular complexity index is 1170. The fourth-order valence-corrected chi connectivity index (χ4v) is 5.25. The molecular formula is C25H30N6O4. The van der Waals surface area contributed by atoms with E-state index in [1.54, 1.807) is 12.0 Å². The number of nitrogens with zero attached hydrogens (tertiary/aromatic N) is 5. The molecule has 5 rings (SSSR count). The molecule has 184 valence electrons. The molecule has 35 heavy (non-hydrogen) atoms. The van der Waals surface area contributed by atoms with Crippen LogP contribution in [0.25, 0.3) is 0 Å². The van der Waals surface area contributed by atoms with Gasteiger partial charge in [-0.2, -0.15) is 0 Å². The number of benzene rings is 1. The molecule has 2 saturated heterocycles. The predicted molar refractivity (Wildman–Crippen MR) is 128 cm³/mol. The summed E-state index contributed by atoms with van der Waals surface area (Å²) in [6.07, 6.45) is 3.55. The standard InChI is InChI=1S/C25H30N6O4/c1-16-18-8-5-11-29(13-17-7-3-4-10-20(17)35-2)24(18)28-23(26-16)19-9-6-12-31(19)22(33)15-30-14-21(32)27-25(30)34/h3-4,7,10,19H,5-6,8-9,11-15H2,1-2H3,(H,27,32,34). The van der Waals surface area contributed by atoms with E-state index in [0.29, 0.717) is 18.9 Å². The Hall–Kier alpha value is -3.69. The molecule has 2 fully saturated rings. The van der Waals surface area contributed by atoms with E-state index in [-0.39, 0.29) is 30.9 Å². The van der Waals surface area contributed by atoms with Crippen molar-refractivity contribution in [3.63, 3.8) is 0 Å². The number of aryl methyl sites for hydroxylation is 1. The largest absolute Gasteiger partial charge is 0.496 e. The summed E-state index contributed by atoms with van der Waals surface area (Å²) in [7, 11) is 1.68. The first kappa shape index (κ1) is 23.1. The van der Waals surface area contributed by atoms with E-state index in [0.717, 1.165) is 60.6 Å². The number of aromatic nitrogens is 2. The fraction of sp³-hybridized carbons (Fsp3) is 0.480. The maximum Gasteiger partial charge on any atom is 0.325 e. The van der Waals surface area contributed by atoms with Gasteiger partial charge in [-0.05, 0) is 38.7 Å². The third-order valence-corrected chi connectivity index (χ3v) is 6.98. The van der Waals surface area contributed by atoms with Crippen molar-refractivity contribution >= 4 is 23.7 Å². The number of urea groups is 1. The van der Waals surface area contributed by atoms with Gasteiger partial charge in [0.25, 0.3) is 0 Å². The Labute approximate surface area is 204 Å². The maximum absolute atomic E-state index is 13.1. The molecular weight excluding hydrogens is 448 g/mol. The molecule has 4 heterocycles. The minimum atomic E-state index is -0.521. The van der Waals surface area contributed by atoms with Crippen LogP contribution in [0.4, 0.5) is 10.6 Å². The smallest absolute Gasteiger partial charge is 0.325 e. The summed E-state index contributed by atoms with van der Waals surface area (Å²) in [6, 6.07) is 7.24. The van der Waals surface area contributed by atoms with Gasteiger partial charge in [0.1, 0.15) is 24.7 Å². The van der Waals surface area contributed by atoms with Crippen molar-refractivity contribution in [1.29, 1.82) is 0 Å². The molecule has 1 aromatic heterocycles. The number of likely N-dealkylation sites (tertiary alicyclic amines) is 1. The Kier molecular flexibility index (Phi) is 6.27. The predicted octanol–water partition coefficient (Wildman–Crippen LogP) is 1.96. The van der Waals surface area contributed by atoms with Gasteiger partial charge in [0.2, 0.25) is 11.8 Å². The number of imide groups is 1. The van der Waals surface area contributed by atoms with Crippen LogP contribution in [0.1, 0.15) is 47.9 Å². The fourth-order valence-electron chi connectivity index (χ4n) is 5.25. The van der Waals surface area contributed by atoms with Crippen molar-refractivity contribution in [1.82, 2.24) is 25.1 Å². The van der Waals surface area contributed by atoms with Gasteiger partial charge in [-0.15, -0.1) is 0 Å². The second-order valence-electron chi connectivity index (χ2n) is 9.26. The lowest BCUT2D eigenvalue weighted by Crippen LogP contribution is -2.41. The Morgan fingerprint density at radius 2 is 1.97 bits per heavy atom. The second-order valence-corrected chi connectivity index (χ2v) is 9.26. The van der Waals surface area contributed by atoms with E-state index < -0.39 is 6.03 Å². The van der Waals surface area contributed by atoms with E-state index in [9.17, 15) is 14.4 Å². The molecule has 1 N–H and O–H groups in total. The Balaban J connectivity index is 1.40. The highest BCUT2D eigenvalue weighted by molar-refractivity contribution is 6.03. The van der Waals surface area contributed by atoms with Gasteiger partial charge < -0.3 is 19.4 Å². The van der Waals surface area contributed by atoms with Gasteiger partial charge in [0.15, 0.2) is 5.82 Å². The van der Waals surface area contributed by atoms with Crippen molar-refractivity contribution in [2.24, 2.45) is 0 Å². The van der Waals surface area contributed by atoms with Crippen LogP contribution >= 0.6 is 0 Å².